The lowest BCUT2D eigenvalue weighted by Gasteiger charge is -2.16. The summed E-state index contributed by atoms with van der Waals surface area (Å²) in [5.41, 5.74) is 1.63. The molecule has 3 rings (SSSR count). The maximum absolute atomic E-state index is 12.8. The quantitative estimate of drug-likeness (QED) is 0.733. The summed E-state index contributed by atoms with van der Waals surface area (Å²) in [6.45, 7) is 1.90. The second-order valence-electron chi connectivity index (χ2n) is 6.91. The van der Waals surface area contributed by atoms with Gasteiger partial charge in [0.1, 0.15) is 10.6 Å². The van der Waals surface area contributed by atoms with Crippen molar-refractivity contribution < 1.29 is 17.9 Å². The molecule has 0 spiro atoms. The third-order valence-corrected chi connectivity index (χ3v) is 6.62. The first-order chi connectivity index (χ1) is 13.3. The number of carbonyl (C=O) groups is 1. The molecule has 1 amide bonds. The number of halogens is 1. The molecule has 150 valence electrons. The highest BCUT2D eigenvalue weighted by atomic mass is 35.5. The molecule has 2 aromatic carbocycles. The molecule has 0 bridgehead atoms. The van der Waals surface area contributed by atoms with Crippen molar-refractivity contribution in [2.24, 2.45) is 0 Å². The Hall–Kier alpha value is -2.09. The van der Waals surface area contributed by atoms with Crippen molar-refractivity contribution in [3.8, 4) is 5.75 Å². The predicted octanol–water partition coefficient (Wildman–Crippen LogP) is 4.13. The van der Waals surface area contributed by atoms with Crippen molar-refractivity contribution in [2.45, 2.75) is 43.5 Å². The van der Waals surface area contributed by atoms with E-state index in [1.165, 1.54) is 25.3 Å². The molecule has 0 aromatic heterocycles. The van der Waals surface area contributed by atoms with Gasteiger partial charge in [-0.05, 0) is 55.7 Å². The van der Waals surface area contributed by atoms with Gasteiger partial charge in [0.2, 0.25) is 10.0 Å². The Morgan fingerprint density at radius 2 is 1.86 bits per heavy atom. The summed E-state index contributed by atoms with van der Waals surface area (Å²) in [6.07, 6.45) is 3.63. The van der Waals surface area contributed by atoms with Gasteiger partial charge in [0, 0.05) is 11.6 Å². The summed E-state index contributed by atoms with van der Waals surface area (Å²) in [4.78, 5) is 12.6. The Balaban J connectivity index is 1.88. The maximum Gasteiger partial charge on any atom is 0.255 e. The lowest BCUT2D eigenvalue weighted by molar-refractivity contribution is 0.102. The van der Waals surface area contributed by atoms with Crippen LogP contribution in [0.4, 0.5) is 5.69 Å². The molecule has 2 N–H and O–H groups in total. The van der Waals surface area contributed by atoms with Gasteiger partial charge in [-0.15, -0.1) is 0 Å². The summed E-state index contributed by atoms with van der Waals surface area (Å²) < 4.78 is 33.6. The number of sulfonamides is 1. The van der Waals surface area contributed by atoms with Crippen molar-refractivity contribution in [1.82, 2.24) is 4.72 Å². The van der Waals surface area contributed by atoms with E-state index in [9.17, 15) is 13.2 Å². The molecule has 2 aromatic rings. The van der Waals surface area contributed by atoms with E-state index >= 15 is 0 Å². The fourth-order valence-corrected chi connectivity index (χ4v) is 5.05. The second-order valence-corrected chi connectivity index (χ2v) is 9.00. The number of amides is 1. The van der Waals surface area contributed by atoms with Crippen LogP contribution in [0, 0.1) is 6.92 Å². The van der Waals surface area contributed by atoms with Crippen molar-refractivity contribution >= 4 is 33.2 Å². The molecule has 1 aliphatic carbocycles. The Kier molecular flexibility index (Phi) is 6.27. The van der Waals surface area contributed by atoms with E-state index in [0.717, 1.165) is 31.2 Å². The highest BCUT2D eigenvalue weighted by Gasteiger charge is 2.26. The first-order valence-electron chi connectivity index (χ1n) is 9.08. The van der Waals surface area contributed by atoms with E-state index in [-0.39, 0.29) is 22.3 Å². The molecule has 0 atom stereocenters. The van der Waals surface area contributed by atoms with Crippen molar-refractivity contribution in [1.29, 1.82) is 0 Å². The van der Waals surface area contributed by atoms with E-state index in [1.807, 2.05) is 13.0 Å². The van der Waals surface area contributed by atoms with E-state index in [1.54, 1.807) is 12.1 Å². The third kappa shape index (κ3) is 4.66. The highest BCUT2D eigenvalue weighted by Crippen LogP contribution is 2.28. The zero-order valence-corrected chi connectivity index (χ0v) is 17.4. The molecule has 1 saturated carbocycles. The summed E-state index contributed by atoms with van der Waals surface area (Å²) in [7, 11) is -2.41. The van der Waals surface area contributed by atoms with Crippen molar-refractivity contribution in [2.75, 3.05) is 12.4 Å². The molecule has 1 fully saturated rings. The standard InChI is InChI=1S/C20H23ClN2O4S/c1-13-7-9-17(16(21)11-13)22-20(24)14-8-10-18(27-2)19(12-14)28(25,26)23-15-5-3-4-6-15/h7-12,15,23H,3-6H2,1-2H3,(H,22,24). The predicted molar refractivity (Wildman–Crippen MR) is 110 cm³/mol. The highest BCUT2D eigenvalue weighted by molar-refractivity contribution is 7.89. The van der Waals surface area contributed by atoms with E-state index in [4.69, 9.17) is 16.3 Å². The molecule has 28 heavy (non-hydrogen) atoms. The first kappa shape index (κ1) is 20.6. The monoisotopic (exact) mass is 422 g/mol. The average Bonchev–Trinajstić information content (AvgIpc) is 3.15. The Morgan fingerprint density at radius 1 is 1.14 bits per heavy atom. The molecule has 0 unspecified atom stereocenters. The van der Waals surface area contributed by atoms with Gasteiger partial charge in [-0.25, -0.2) is 13.1 Å². The van der Waals surface area contributed by atoms with Crippen LogP contribution in [0.1, 0.15) is 41.6 Å². The van der Waals surface area contributed by atoms with E-state index < -0.39 is 15.9 Å². The van der Waals surface area contributed by atoms with Crippen LogP contribution in [0.25, 0.3) is 0 Å². The van der Waals surface area contributed by atoms with Gasteiger partial charge in [-0.2, -0.15) is 0 Å². The number of aryl methyl sites for hydroxylation is 1. The van der Waals surface area contributed by atoms with E-state index in [2.05, 4.69) is 10.0 Å². The second kappa shape index (κ2) is 8.51. The van der Waals surface area contributed by atoms with Gasteiger partial charge in [0.25, 0.3) is 5.91 Å². The number of hydrogen-bond donors (Lipinski definition) is 2. The van der Waals surface area contributed by atoms with Crippen LogP contribution in [-0.2, 0) is 10.0 Å². The van der Waals surface area contributed by atoms with Gasteiger partial charge < -0.3 is 10.1 Å². The summed E-state index contributed by atoms with van der Waals surface area (Å²) in [5.74, 6) is -0.263. The van der Waals surface area contributed by atoms with Crippen molar-refractivity contribution in [3.63, 3.8) is 0 Å². The summed E-state index contributed by atoms with van der Waals surface area (Å²) >= 11 is 6.17. The van der Waals surface area contributed by atoms with Crippen LogP contribution in [0.5, 0.6) is 5.75 Å². The van der Waals surface area contributed by atoms with Gasteiger partial charge in [-0.3, -0.25) is 4.79 Å². The number of anilines is 1. The Labute approximate surface area is 170 Å². The number of nitrogens with one attached hydrogen (secondary N) is 2. The Bertz CT molecular complexity index is 986. The summed E-state index contributed by atoms with van der Waals surface area (Å²) in [6, 6.07) is 9.52. The van der Waals surface area contributed by atoms with Gasteiger partial charge in [0.15, 0.2) is 0 Å². The molecular formula is C20H23ClN2O4S. The van der Waals surface area contributed by atoms with Crippen molar-refractivity contribution in [3.05, 3.63) is 52.5 Å². The first-order valence-corrected chi connectivity index (χ1v) is 10.9. The Morgan fingerprint density at radius 3 is 2.50 bits per heavy atom. The number of ether oxygens (including phenoxy) is 1. The van der Waals surface area contributed by atoms with Gasteiger partial charge in [0.05, 0.1) is 17.8 Å². The zero-order valence-electron chi connectivity index (χ0n) is 15.8. The van der Waals surface area contributed by atoms with Crippen LogP contribution < -0.4 is 14.8 Å². The molecule has 0 aliphatic heterocycles. The van der Waals surface area contributed by atoms with Crippen LogP contribution in [0.15, 0.2) is 41.3 Å². The lowest BCUT2D eigenvalue weighted by atomic mass is 10.2. The van der Waals surface area contributed by atoms with Crippen LogP contribution in [0.2, 0.25) is 5.02 Å². The molecule has 1 aliphatic rings. The molecule has 0 radical (unpaired) electrons. The smallest absolute Gasteiger partial charge is 0.255 e. The fourth-order valence-electron chi connectivity index (χ4n) is 3.27. The fraction of sp³-hybridized carbons (Fsp3) is 0.350. The minimum atomic E-state index is -3.81. The van der Waals surface area contributed by atoms with Crippen LogP contribution >= 0.6 is 11.6 Å². The maximum atomic E-state index is 12.8. The average molecular weight is 423 g/mol. The third-order valence-electron chi connectivity index (χ3n) is 4.77. The van der Waals surface area contributed by atoms with Gasteiger partial charge in [-0.1, -0.05) is 30.5 Å². The molecule has 6 nitrogen and oxygen atoms in total. The van der Waals surface area contributed by atoms with Crippen LogP contribution in [-0.4, -0.2) is 27.5 Å². The minimum absolute atomic E-state index is 0.0513. The zero-order chi connectivity index (χ0) is 20.3. The summed E-state index contributed by atoms with van der Waals surface area (Å²) in [5, 5.41) is 3.13. The van der Waals surface area contributed by atoms with E-state index in [0.29, 0.717) is 10.7 Å². The number of hydrogen-bond acceptors (Lipinski definition) is 4. The number of benzene rings is 2. The molecule has 8 heteroatoms. The SMILES string of the molecule is COc1ccc(C(=O)Nc2ccc(C)cc2Cl)cc1S(=O)(=O)NC1CCCC1. The topological polar surface area (TPSA) is 84.5 Å². The normalized spacial score (nSPS) is 14.8. The molecule has 0 heterocycles. The molecular weight excluding hydrogens is 400 g/mol. The lowest BCUT2D eigenvalue weighted by Crippen LogP contribution is -2.33. The van der Waals surface area contributed by atoms with Gasteiger partial charge >= 0.3 is 0 Å². The number of carbonyl (C=O) groups excluding carboxylic acids is 1. The number of methoxy groups -OCH3 is 1. The largest absolute Gasteiger partial charge is 0.495 e. The minimum Gasteiger partial charge on any atom is -0.495 e. The molecule has 0 saturated heterocycles. The number of rotatable bonds is 6. The van der Waals surface area contributed by atoms with Crippen LogP contribution in [0.3, 0.4) is 0 Å².